The van der Waals surface area contributed by atoms with Gasteiger partial charge in [0.15, 0.2) is 0 Å². The van der Waals surface area contributed by atoms with Crippen LogP contribution in [0.5, 0.6) is 5.75 Å². The molecule has 0 radical (unpaired) electrons. The van der Waals surface area contributed by atoms with Gasteiger partial charge in [-0.05, 0) is 35.9 Å². The number of rotatable bonds is 5. The van der Waals surface area contributed by atoms with Crippen molar-refractivity contribution in [2.24, 2.45) is 0 Å². The molecule has 0 aliphatic rings. The van der Waals surface area contributed by atoms with E-state index in [-0.39, 0.29) is 17.0 Å². The van der Waals surface area contributed by atoms with Gasteiger partial charge in [0, 0.05) is 17.3 Å². The number of carboxylic acid groups (broad SMARTS) is 1. The van der Waals surface area contributed by atoms with E-state index >= 15 is 0 Å². The number of hydrogen-bond acceptors (Lipinski definition) is 4. The Morgan fingerprint density at radius 2 is 1.77 bits per heavy atom. The third kappa shape index (κ3) is 3.81. The maximum Gasteiger partial charge on any atom is 0.339 e. The van der Waals surface area contributed by atoms with Gasteiger partial charge in [0.2, 0.25) is 5.91 Å². The third-order valence-electron chi connectivity index (χ3n) is 3.64. The number of phenols is 1. The van der Waals surface area contributed by atoms with E-state index < -0.39 is 11.9 Å². The highest BCUT2D eigenvalue weighted by Crippen LogP contribution is 2.25. The van der Waals surface area contributed by atoms with Gasteiger partial charge in [0.25, 0.3) is 0 Å². The molecule has 6 nitrogen and oxygen atoms in total. The molecule has 3 aromatic rings. The van der Waals surface area contributed by atoms with Crippen molar-refractivity contribution >= 4 is 23.1 Å². The largest absolute Gasteiger partial charge is 0.507 e. The Kier molecular flexibility index (Phi) is 4.85. The van der Waals surface area contributed by atoms with Crippen molar-refractivity contribution in [3.63, 3.8) is 0 Å². The van der Waals surface area contributed by atoms with Crippen LogP contribution in [0.4, 0.5) is 5.69 Å². The summed E-state index contributed by atoms with van der Waals surface area (Å²) in [7, 11) is 0. The predicted octanol–water partition coefficient (Wildman–Crippen LogP) is 3.75. The first-order valence-corrected chi connectivity index (χ1v) is 7.73. The highest BCUT2D eigenvalue weighted by atomic mass is 16.4. The van der Waals surface area contributed by atoms with E-state index in [1.54, 1.807) is 12.1 Å². The van der Waals surface area contributed by atoms with Crippen molar-refractivity contribution < 1.29 is 24.2 Å². The monoisotopic (exact) mass is 349 g/mol. The summed E-state index contributed by atoms with van der Waals surface area (Å²) in [6, 6.07) is 16.6. The first-order valence-electron chi connectivity index (χ1n) is 7.73. The molecule has 0 fully saturated rings. The second kappa shape index (κ2) is 7.40. The number of benzene rings is 2. The van der Waals surface area contributed by atoms with Gasteiger partial charge in [-0.2, -0.15) is 0 Å². The summed E-state index contributed by atoms with van der Waals surface area (Å²) in [6.45, 7) is 0. The second-order valence-corrected chi connectivity index (χ2v) is 5.43. The van der Waals surface area contributed by atoms with E-state index in [4.69, 9.17) is 9.52 Å². The summed E-state index contributed by atoms with van der Waals surface area (Å²) in [5.41, 5.74) is 1.36. The Labute approximate surface area is 149 Å². The Balaban J connectivity index is 1.90. The molecule has 0 aliphatic heterocycles. The molecule has 3 rings (SSSR count). The summed E-state index contributed by atoms with van der Waals surface area (Å²) < 4.78 is 5.41. The number of carbonyl (C=O) groups excluding carboxylic acids is 1. The summed E-state index contributed by atoms with van der Waals surface area (Å²) in [5, 5.41) is 21.2. The average molecular weight is 349 g/mol. The average Bonchev–Trinajstić information content (AvgIpc) is 3.16. The van der Waals surface area contributed by atoms with Crippen LogP contribution in [-0.2, 0) is 4.79 Å². The number of carboxylic acids is 1. The molecule has 0 saturated carbocycles. The minimum Gasteiger partial charge on any atom is -0.507 e. The Morgan fingerprint density at radius 1 is 1.00 bits per heavy atom. The molecule has 0 aliphatic carbocycles. The lowest BCUT2D eigenvalue weighted by Gasteiger charge is -2.08. The highest BCUT2D eigenvalue weighted by Gasteiger charge is 2.13. The van der Waals surface area contributed by atoms with Gasteiger partial charge in [-0.1, -0.05) is 30.3 Å². The Hall–Kier alpha value is -3.80. The van der Waals surface area contributed by atoms with Crippen LogP contribution < -0.4 is 5.32 Å². The van der Waals surface area contributed by atoms with Gasteiger partial charge >= 0.3 is 5.97 Å². The lowest BCUT2D eigenvalue weighted by Crippen LogP contribution is -2.10. The molecule has 3 N–H and O–H groups in total. The van der Waals surface area contributed by atoms with Gasteiger partial charge in [0.05, 0.1) is 6.26 Å². The smallest absolute Gasteiger partial charge is 0.339 e. The van der Waals surface area contributed by atoms with Gasteiger partial charge in [-0.25, -0.2) is 4.79 Å². The van der Waals surface area contributed by atoms with E-state index in [0.29, 0.717) is 11.3 Å². The first-order chi connectivity index (χ1) is 12.5. The van der Waals surface area contributed by atoms with Crippen molar-refractivity contribution in [1.82, 2.24) is 0 Å². The molecule has 0 spiro atoms. The number of furan rings is 1. The zero-order valence-corrected chi connectivity index (χ0v) is 13.5. The molecular formula is C20H15NO5. The van der Waals surface area contributed by atoms with E-state index in [9.17, 15) is 14.7 Å². The number of carbonyl (C=O) groups is 2. The van der Waals surface area contributed by atoms with Crippen LogP contribution in [0.25, 0.3) is 5.57 Å². The van der Waals surface area contributed by atoms with Gasteiger partial charge < -0.3 is 19.9 Å². The van der Waals surface area contributed by atoms with Crippen molar-refractivity contribution in [1.29, 1.82) is 0 Å². The van der Waals surface area contributed by atoms with Gasteiger partial charge in [0.1, 0.15) is 17.1 Å². The molecule has 1 heterocycles. The molecule has 0 bridgehead atoms. The van der Waals surface area contributed by atoms with Crippen LogP contribution >= 0.6 is 0 Å². The zero-order chi connectivity index (χ0) is 18.5. The van der Waals surface area contributed by atoms with Crippen molar-refractivity contribution in [2.45, 2.75) is 0 Å². The number of hydrogen-bond donors (Lipinski definition) is 3. The first kappa shape index (κ1) is 17.0. The summed E-state index contributed by atoms with van der Waals surface area (Å²) >= 11 is 0. The molecule has 130 valence electrons. The number of aromatic carboxylic acids is 1. The quantitative estimate of drug-likeness (QED) is 0.481. The maximum atomic E-state index is 12.4. The fourth-order valence-corrected chi connectivity index (χ4v) is 2.44. The van der Waals surface area contributed by atoms with E-state index in [1.807, 2.05) is 30.3 Å². The normalized spacial score (nSPS) is 11.2. The van der Waals surface area contributed by atoms with Crippen LogP contribution in [0.2, 0.25) is 0 Å². The molecular weight excluding hydrogens is 334 g/mol. The minimum atomic E-state index is -1.28. The van der Waals surface area contributed by atoms with Crippen LogP contribution in [0, 0.1) is 0 Å². The maximum absolute atomic E-state index is 12.4. The lowest BCUT2D eigenvalue weighted by atomic mass is 10.0. The summed E-state index contributed by atoms with van der Waals surface area (Å²) in [5.74, 6) is -1.58. The number of aromatic hydroxyl groups is 1. The van der Waals surface area contributed by atoms with E-state index in [2.05, 4.69) is 5.32 Å². The SMILES string of the molecule is O=C(C=C(c1ccccc1)c1ccco1)Nc1ccc(O)c(C(=O)O)c1. The number of anilines is 1. The Bertz CT molecular complexity index is 959. The molecule has 0 unspecified atom stereocenters. The van der Waals surface area contributed by atoms with Crippen LogP contribution in [0.1, 0.15) is 21.7 Å². The van der Waals surface area contributed by atoms with Crippen LogP contribution in [0.3, 0.4) is 0 Å². The third-order valence-corrected chi connectivity index (χ3v) is 3.64. The summed E-state index contributed by atoms with van der Waals surface area (Å²) in [6.07, 6.45) is 2.89. The van der Waals surface area contributed by atoms with E-state index in [1.165, 1.54) is 30.5 Å². The fourth-order valence-electron chi connectivity index (χ4n) is 2.44. The van der Waals surface area contributed by atoms with E-state index in [0.717, 1.165) is 5.56 Å². The molecule has 2 aromatic carbocycles. The zero-order valence-electron chi connectivity index (χ0n) is 13.5. The number of amides is 1. The van der Waals surface area contributed by atoms with Crippen LogP contribution in [-0.4, -0.2) is 22.1 Å². The van der Waals surface area contributed by atoms with Crippen LogP contribution in [0.15, 0.2) is 77.4 Å². The predicted molar refractivity (Wildman–Crippen MR) is 95.9 cm³/mol. The van der Waals surface area contributed by atoms with Crippen molar-refractivity contribution in [2.75, 3.05) is 5.32 Å². The standard InChI is InChI=1S/C20H15NO5/c22-17-9-8-14(11-16(17)20(24)25)21-19(23)12-15(18-7-4-10-26-18)13-5-2-1-3-6-13/h1-12,22H,(H,21,23)(H,24,25). The lowest BCUT2D eigenvalue weighted by molar-refractivity contribution is -0.111. The molecule has 26 heavy (non-hydrogen) atoms. The van der Waals surface area contributed by atoms with Crippen molar-refractivity contribution in [3.05, 3.63) is 89.9 Å². The molecule has 6 heteroatoms. The molecule has 0 saturated heterocycles. The minimum absolute atomic E-state index is 0.258. The topological polar surface area (TPSA) is 99.8 Å². The molecule has 1 amide bonds. The Morgan fingerprint density at radius 3 is 2.42 bits per heavy atom. The number of nitrogens with one attached hydrogen (secondary N) is 1. The molecule has 0 atom stereocenters. The fraction of sp³-hybridized carbons (Fsp3) is 0. The summed E-state index contributed by atoms with van der Waals surface area (Å²) in [4.78, 5) is 23.5. The van der Waals surface area contributed by atoms with Crippen molar-refractivity contribution in [3.8, 4) is 5.75 Å². The highest BCUT2D eigenvalue weighted by molar-refractivity contribution is 6.06. The van der Waals surface area contributed by atoms with Gasteiger partial charge in [-0.3, -0.25) is 4.79 Å². The van der Waals surface area contributed by atoms with Gasteiger partial charge in [-0.15, -0.1) is 0 Å². The molecule has 1 aromatic heterocycles. The second-order valence-electron chi connectivity index (χ2n) is 5.43.